The zero-order chi connectivity index (χ0) is 26.1. The maximum absolute atomic E-state index is 14.1. The SMILES string of the molecule is Cc1ccc(Cn2cc(NC(=S)Nc3c(C)nn(Cc4c(F)c(F)c(F)c(F)c4F)c3C)cn2)cc1. The van der Waals surface area contributed by atoms with Crippen LogP contribution in [0, 0.1) is 49.9 Å². The molecule has 0 saturated heterocycles. The quantitative estimate of drug-likeness (QED) is 0.150. The Bertz CT molecular complexity index is 1420. The van der Waals surface area contributed by atoms with E-state index in [1.165, 1.54) is 5.56 Å². The van der Waals surface area contributed by atoms with E-state index in [0.29, 0.717) is 29.3 Å². The smallest absolute Gasteiger partial charge is 0.200 e. The van der Waals surface area contributed by atoms with Crippen LogP contribution < -0.4 is 10.6 Å². The van der Waals surface area contributed by atoms with Crippen molar-refractivity contribution in [1.29, 1.82) is 0 Å². The third-order valence-corrected chi connectivity index (χ3v) is 5.79. The Kier molecular flexibility index (Phi) is 7.07. The van der Waals surface area contributed by atoms with E-state index in [9.17, 15) is 22.0 Å². The molecule has 6 nitrogen and oxygen atoms in total. The van der Waals surface area contributed by atoms with Crippen LogP contribution in [0.1, 0.15) is 28.1 Å². The maximum Gasteiger partial charge on any atom is 0.200 e. The highest BCUT2D eigenvalue weighted by atomic mass is 32.1. The second-order valence-electron chi connectivity index (χ2n) is 8.24. The van der Waals surface area contributed by atoms with Gasteiger partial charge in [-0.2, -0.15) is 10.2 Å². The number of halogens is 5. The van der Waals surface area contributed by atoms with Gasteiger partial charge in [0.2, 0.25) is 5.82 Å². The molecule has 0 unspecified atom stereocenters. The van der Waals surface area contributed by atoms with Crippen molar-refractivity contribution in [2.75, 3.05) is 10.6 Å². The van der Waals surface area contributed by atoms with Crippen molar-refractivity contribution in [1.82, 2.24) is 19.6 Å². The summed E-state index contributed by atoms with van der Waals surface area (Å²) in [6.45, 7) is 5.12. The Labute approximate surface area is 208 Å². The third-order valence-electron chi connectivity index (χ3n) is 5.58. The lowest BCUT2D eigenvalue weighted by atomic mass is 10.1. The van der Waals surface area contributed by atoms with E-state index >= 15 is 0 Å². The Morgan fingerprint density at radius 1 is 0.861 bits per heavy atom. The zero-order valence-corrected chi connectivity index (χ0v) is 20.3. The van der Waals surface area contributed by atoms with E-state index in [-0.39, 0.29) is 5.11 Å². The average molecular weight is 521 g/mol. The van der Waals surface area contributed by atoms with Crippen LogP contribution in [-0.4, -0.2) is 24.7 Å². The number of anilines is 2. The van der Waals surface area contributed by atoms with Crippen LogP contribution in [-0.2, 0) is 13.1 Å². The maximum atomic E-state index is 14.1. The van der Waals surface area contributed by atoms with Crippen LogP contribution in [0.4, 0.5) is 33.3 Å². The van der Waals surface area contributed by atoms with E-state index in [1.54, 1.807) is 30.9 Å². The molecule has 0 aliphatic rings. The van der Waals surface area contributed by atoms with Crippen LogP contribution in [0.25, 0.3) is 0 Å². The summed E-state index contributed by atoms with van der Waals surface area (Å²) in [5.41, 5.74) is 3.13. The van der Waals surface area contributed by atoms with Crippen molar-refractivity contribution in [3.8, 4) is 0 Å². The highest BCUT2D eigenvalue weighted by molar-refractivity contribution is 7.80. The van der Waals surface area contributed by atoms with Crippen LogP contribution in [0.2, 0.25) is 0 Å². The number of nitrogens with one attached hydrogen (secondary N) is 2. The van der Waals surface area contributed by atoms with Crippen molar-refractivity contribution in [3.63, 3.8) is 0 Å². The molecule has 0 atom stereocenters. The van der Waals surface area contributed by atoms with Crippen molar-refractivity contribution in [2.45, 2.75) is 33.9 Å². The van der Waals surface area contributed by atoms with E-state index in [0.717, 1.165) is 10.2 Å². The van der Waals surface area contributed by atoms with Crippen LogP contribution in [0.15, 0.2) is 36.7 Å². The predicted molar refractivity (Wildman–Crippen MR) is 129 cm³/mol. The molecular weight excluding hydrogens is 499 g/mol. The Hall–Kier alpha value is -3.80. The van der Waals surface area contributed by atoms with Gasteiger partial charge in [-0.3, -0.25) is 9.36 Å². The lowest BCUT2D eigenvalue weighted by molar-refractivity contribution is 0.366. The topological polar surface area (TPSA) is 59.7 Å². The van der Waals surface area contributed by atoms with Crippen molar-refractivity contribution < 1.29 is 22.0 Å². The van der Waals surface area contributed by atoms with Crippen molar-refractivity contribution in [2.24, 2.45) is 0 Å². The van der Waals surface area contributed by atoms with E-state index in [2.05, 4.69) is 20.8 Å². The summed E-state index contributed by atoms with van der Waals surface area (Å²) in [5.74, 6) is -10.0. The molecule has 4 aromatic rings. The summed E-state index contributed by atoms with van der Waals surface area (Å²) in [4.78, 5) is 0. The van der Waals surface area contributed by atoms with Crippen molar-refractivity contribution >= 4 is 28.7 Å². The molecule has 2 aromatic carbocycles. The molecule has 0 radical (unpaired) electrons. The number of rotatable bonds is 6. The van der Waals surface area contributed by atoms with Crippen LogP contribution in [0.3, 0.4) is 0 Å². The number of nitrogens with zero attached hydrogens (tertiary/aromatic N) is 4. The largest absolute Gasteiger partial charge is 0.330 e. The number of thiocarbonyl (C=S) groups is 1. The van der Waals surface area contributed by atoms with Gasteiger partial charge in [-0.15, -0.1) is 0 Å². The van der Waals surface area contributed by atoms with Gasteiger partial charge in [-0.05, 0) is 38.6 Å². The van der Waals surface area contributed by atoms with E-state index in [4.69, 9.17) is 12.2 Å². The summed E-state index contributed by atoms with van der Waals surface area (Å²) in [6, 6.07) is 8.08. The summed E-state index contributed by atoms with van der Waals surface area (Å²) in [5, 5.41) is 14.6. The number of hydrogen-bond donors (Lipinski definition) is 2. The molecule has 36 heavy (non-hydrogen) atoms. The molecule has 0 bridgehead atoms. The van der Waals surface area contributed by atoms with E-state index in [1.807, 2.05) is 31.2 Å². The highest BCUT2D eigenvalue weighted by Gasteiger charge is 2.26. The Morgan fingerprint density at radius 2 is 1.47 bits per heavy atom. The molecule has 0 aliphatic carbocycles. The molecule has 4 rings (SSSR count). The standard InChI is InChI=1S/C24H21F5N6S/c1-12-4-6-15(7-5-12)9-34-10-16(8-30-34)31-24(36)32-23-13(2)33-35(14(23)3)11-17-18(25)20(27)22(29)21(28)19(17)26/h4-8,10H,9,11H2,1-3H3,(H2,31,32,36). The van der Waals surface area contributed by atoms with Gasteiger partial charge in [0.1, 0.15) is 0 Å². The number of aryl methyl sites for hydroxylation is 2. The van der Waals surface area contributed by atoms with Crippen LogP contribution >= 0.6 is 12.2 Å². The fourth-order valence-electron chi connectivity index (χ4n) is 3.64. The van der Waals surface area contributed by atoms with Crippen LogP contribution in [0.5, 0.6) is 0 Å². The van der Waals surface area contributed by atoms with Gasteiger partial charge in [0.05, 0.1) is 47.6 Å². The molecule has 2 heterocycles. The monoisotopic (exact) mass is 520 g/mol. The zero-order valence-electron chi connectivity index (χ0n) is 19.5. The molecule has 2 aromatic heterocycles. The van der Waals surface area contributed by atoms with Gasteiger partial charge in [0.25, 0.3) is 0 Å². The van der Waals surface area contributed by atoms with E-state index < -0.39 is 41.2 Å². The van der Waals surface area contributed by atoms with Gasteiger partial charge in [-0.25, -0.2) is 22.0 Å². The first-order valence-corrected chi connectivity index (χ1v) is 11.2. The molecule has 188 valence electrons. The van der Waals surface area contributed by atoms with Gasteiger partial charge in [0.15, 0.2) is 28.4 Å². The minimum Gasteiger partial charge on any atom is -0.330 e. The number of hydrogen-bond acceptors (Lipinski definition) is 3. The lowest BCUT2D eigenvalue weighted by Crippen LogP contribution is -2.20. The molecule has 0 saturated carbocycles. The highest BCUT2D eigenvalue weighted by Crippen LogP contribution is 2.26. The second-order valence-corrected chi connectivity index (χ2v) is 8.65. The normalized spacial score (nSPS) is 11.1. The van der Waals surface area contributed by atoms with Gasteiger partial charge in [-0.1, -0.05) is 29.8 Å². The second kappa shape index (κ2) is 10.1. The lowest BCUT2D eigenvalue weighted by Gasteiger charge is -2.11. The molecule has 0 fully saturated rings. The predicted octanol–water partition coefficient (Wildman–Crippen LogP) is 5.61. The van der Waals surface area contributed by atoms with Crippen molar-refractivity contribution in [3.05, 3.63) is 93.8 Å². The fraction of sp³-hybridized carbons (Fsp3) is 0.208. The molecule has 0 amide bonds. The average Bonchev–Trinajstić information content (AvgIpc) is 3.39. The fourth-order valence-corrected chi connectivity index (χ4v) is 3.86. The molecular formula is C24H21F5N6S. The van der Waals surface area contributed by atoms with Gasteiger partial charge >= 0.3 is 0 Å². The van der Waals surface area contributed by atoms with Gasteiger partial charge in [0, 0.05) is 6.20 Å². The first-order chi connectivity index (χ1) is 17.0. The Morgan fingerprint density at radius 3 is 2.11 bits per heavy atom. The Balaban J connectivity index is 1.46. The summed E-state index contributed by atoms with van der Waals surface area (Å²) in [7, 11) is 0. The molecule has 12 heteroatoms. The summed E-state index contributed by atoms with van der Waals surface area (Å²) >= 11 is 5.36. The number of benzene rings is 2. The van der Waals surface area contributed by atoms with Gasteiger partial charge < -0.3 is 10.6 Å². The first-order valence-electron chi connectivity index (χ1n) is 10.8. The molecule has 0 spiro atoms. The third kappa shape index (κ3) is 5.08. The summed E-state index contributed by atoms with van der Waals surface area (Å²) < 4.78 is 71.6. The minimum absolute atomic E-state index is 0.201. The molecule has 2 N–H and O–H groups in total. The number of aromatic nitrogens is 4. The first kappa shape index (κ1) is 25.3. The molecule has 0 aliphatic heterocycles. The summed E-state index contributed by atoms with van der Waals surface area (Å²) in [6.07, 6.45) is 3.38. The minimum atomic E-state index is -2.21.